The van der Waals surface area contributed by atoms with E-state index in [0.29, 0.717) is 6.04 Å². The molecule has 0 amide bonds. The van der Waals surface area contributed by atoms with E-state index >= 15 is 0 Å². The lowest BCUT2D eigenvalue weighted by atomic mass is 10.2. The summed E-state index contributed by atoms with van der Waals surface area (Å²) >= 11 is 1.89. The maximum Gasteiger partial charge on any atom is 0.0348 e. The van der Waals surface area contributed by atoms with Crippen molar-refractivity contribution in [3.8, 4) is 0 Å². The molecule has 1 N–H and O–H groups in total. The van der Waals surface area contributed by atoms with Gasteiger partial charge in [0.25, 0.3) is 0 Å². The van der Waals surface area contributed by atoms with E-state index in [2.05, 4.69) is 50.4 Å². The van der Waals surface area contributed by atoms with Gasteiger partial charge >= 0.3 is 0 Å². The Hall–Kier alpha value is -0.860. The third kappa shape index (κ3) is 2.58. The Balaban J connectivity index is 2.23. The van der Waals surface area contributed by atoms with Crippen molar-refractivity contribution in [3.05, 3.63) is 34.7 Å². The number of thiophene rings is 1. The summed E-state index contributed by atoms with van der Waals surface area (Å²) in [5.74, 6) is 0. The molecule has 0 spiro atoms. The Bertz CT molecular complexity index is 457. The first-order valence-corrected chi connectivity index (χ1v) is 6.19. The van der Waals surface area contributed by atoms with Crippen molar-refractivity contribution in [2.75, 3.05) is 0 Å². The molecular weight excluding hydrogens is 202 g/mol. The molecule has 0 aliphatic rings. The fourth-order valence-corrected chi connectivity index (χ4v) is 2.70. The Morgan fingerprint density at radius 3 is 2.80 bits per heavy atom. The maximum absolute atomic E-state index is 3.45. The van der Waals surface area contributed by atoms with Crippen LogP contribution >= 0.6 is 11.3 Å². The van der Waals surface area contributed by atoms with Crippen LogP contribution in [0.4, 0.5) is 0 Å². The molecule has 1 nitrogen and oxygen atoms in total. The maximum atomic E-state index is 3.45. The number of nitrogens with one attached hydrogen (secondary N) is 1. The van der Waals surface area contributed by atoms with E-state index in [-0.39, 0.29) is 0 Å². The zero-order valence-electron chi connectivity index (χ0n) is 9.50. The molecule has 1 heterocycles. The predicted molar refractivity (Wildman–Crippen MR) is 68.5 cm³/mol. The largest absolute Gasteiger partial charge is 0.310 e. The zero-order valence-corrected chi connectivity index (χ0v) is 10.3. The van der Waals surface area contributed by atoms with Crippen molar-refractivity contribution in [2.45, 2.75) is 33.4 Å². The van der Waals surface area contributed by atoms with Crippen LogP contribution in [0.15, 0.2) is 24.3 Å². The van der Waals surface area contributed by atoms with E-state index in [4.69, 9.17) is 0 Å². The van der Waals surface area contributed by atoms with Crippen LogP contribution in [0.2, 0.25) is 0 Å². The first-order valence-electron chi connectivity index (χ1n) is 5.37. The molecule has 0 fully saturated rings. The molecule has 2 rings (SSSR count). The van der Waals surface area contributed by atoms with Gasteiger partial charge in [-0.1, -0.05) is 26.0 Å². The lowest BCUT2D eigenvalue weighted by molar-refractivity contribution is 0.593. The average Bonchev–Trinajstić information content (AvgIpc) is 2.56. The number of benzene rings is 1. The summed E-state index contributed by atoms with van der Waals surface area (Å²) in [4.78, 5) is 1.42. The Labute approximate surface area is 95.1 Å². The van der Waals surface area contributed by atoms with Crippen LogP contribution in [-0.2, 0) is 6.54 Å². The summed E-state index contributed by atoms with van der Waals surface area (Å²) in [6.45, 7) is 7.48. The van der Waals surface area contributed by atoms with E-state index in [9.17, 15) is 0 Å². The van der Waals surface area contributed by atoms with E-state index < -0.39 is 0 Å². The fraction of sp³-hybridized carbons (Fsp3) is 0.385. The van der Waals surface area contributed by atoms with Gasteiger partial charge in [0.15, 0.2) is 0 Å². The van der Waals surface area contributed by atoms with Crippen LogP contribution in [0.3, 0.4) is 0 Å². The predicted octanol–water partition coefficient (Wildman–Crippen LogP) is 3.71. The molecule has 0 bridgehead atoms. The molecule has 0 aliphatic heterocycles. The third-order valence-electron chi connectivity index (χ3n) is 2.41. The summed E-state index contributed by atoms with van der Waals surface area (Å²) in [5.41, 5.74) is 1.34. The number of rotatable bonds is 3. The quantitative estimate of drug-likeness (QED) is 0.830. The molecule has 80 valence electrons. The van der Waals surface area contributed by atoms with E-state index in [1.165, 1.54) is 20.5 Å². The second kappa shape index (κ2) is 4.33. The Morgan fingerprint density at radius 2 is 2.07 bits per heavy atom. The van der Waals surface area contributed by atoms with Gasteiger partial charge in [-0.2, -0.15) is 0 Å². The van der Waals surface area contributed by atoms with Crippen LogP contribution in [0.1, 0.15) is 24.3 Å². The van der Waals surface area contributed by atoms with Crippen molar-refractivity contribution in [1.82, 2.24) is 5.32 Å². The number of fused-ring (bicyclic) bond motifs is 1. The molecule has 0 atom stereocenters. The normalized spacial score (nSPS) is 11.5. The van der Waals surface area contributed by atoms with Gasteiger partial charge in [-0.05, 0) is 30.0 Å². The molecular formula is C13H17NS. The highest BCUT2D eigenvalue weighted by atomic mass is 32.1. The molecule has 2 aromatic rings. The smallest absolute Gasteiger partial charge is 0.0348 e. The second-order valence-corrected chi connectivity index (χ2v) is 5.46. The van der Waals surface area contributed by atoms with Crippen LogP contribution < -0.4 is 5.32 Å². The monoisotopic (exact) mass is 219 g/mol. The SMILES string of the molecule is Cc1ccc2cc(CNC(C)C)sc2c1. The van der Waals surface area contributed by atoms with Gasteiger partial charge in [-0.3, -0.25) is 0 Å². The van der Waals surface area contributed by atoms with Crippen LogP contribution in [-0.4, -0.2) is 6.04 Å². The molecule has 2 heteroatoms. The number of hydrogen-bond donors (Lipinski definition) is 1. The minimum Gasteiger partial charge on any atom is -0.310 e. The van der Waals surface area contributed by atoms with E-state index in [0.717, 1.165) is 6.54 Å². The summed E-state index contributed by atoms with van der Waals surface area (Å²) in [7, 11) is 0. The molecule has 15 heavy (non-hydrogen) atoms. The molecule has 1 aromatic carbocycles. The first-order chi connectivity index (χ1) is 7.15. The summed E-state index contributed by atoms with van der Waals surface area (Å²) in [6, 6.07) is 9.49. The highest BCUT2D eigenvalue weighted by Gasteiger charge is 2.02. The van der Waals surface area contributed by atoms with Gasteiger partial charge in [0.05, 0.1) is 0 Å². The average molecular weight is 219 g/mol. The van der Waals surface area contributed by atoms with Crippen molar-refractivity contribution in [1.29, 1.82) is 0 Å². The molecule has 0 aliphatic carbocycles. The highest BCUT2D eigenvalue weighted by molar-refractivity contribution is 7.19. The fourth-order valence-electron chi connectivity index (χ4n) is 1.59. The van der Waals surface area contributed by atoms with Gasteiger partial charge in [-0.15, -0.1) is 11.3 Å². The minimum atomic E-state index is 0.553. The van der Waals surface area contributed by atoms with Gasteiger partial charge in [0, 0.05) is 22.2 Å². The molecule has 0 saturated carbocycles. The van der Waals surface area contributed by atoms with Gasteiger partial charge < -0.3 is 5.32 Å². The van der Waals surface area contributed by atoms with Gasteiger partial charge in [0.1, 0.15) is 0 Å². The van der Waals surface area contributed by atoms with Crippen molar-refractivity contribution < 1.29 is 0 Å². The topological polar surface area (TPSA) is 12.0 Å². The van der Waals surface area contributed by atoms with Crippen molar-refractivity contribution in [2.24, 2.45) is 0 Å². The highest BCUT2D eigenvalue weighted by Crippen LogP contribution is 2.26. The molecule has 0 unspecified atom stereocenters. The third-order valence-corrected chi connectivity index (χ3v) is 3.51. The standard InChI is InChI=1S/C13H17NS/c1-9(2)14-8-12-7-11-5-4-10(3)6-13(11)15-12/h4-7,9,14H,8H2,1-3H3. The lowest BCUT2D eigenvalue weighted by Gasteiger charge is -2.04. The van der Waals surface area contributed by atoms with E-state index in [1.807, 2.05) is 11.3 Å². The first kappa shape index (κ1) is 10.7. The van der Waals surface area contributed by atoms with Crippen LogP contribution in [0.5, 0.6) is 0 Å². The Morgan fingerprint density at radius 1 is 1.27 bits per heavy atom. The van der Waals surface area contributed by atoms with E-state index in [1.54, 1.807) is 0 Å². The number of hydrogen-bond acceptors (Lipinski definition) is 2. The lowest BCUT2D eigenvalue weighted by Crippen LogP contribution is -2.21. The van der Waals surface area contributed by atoms with Gasteiger partial charge in [0.2, 0.25) is 0 Å². The zero-order chi connectivity index (χ0) is 10.8. The summed E-state index contributed by atoms with van der Waals surface area (Å²) in [5, 5.41) is 4.81. The molecule has 1 aromatic heterocycles. The summed E-state index contributed by atoms with van der Waals surface area (Å²) in [6.07, 6.45) is 0. The van der Waals surface area contributed by atoms with Crippen LogP contribution in [0.25, 0.3) is 10.1 Å². The summed E-state index contributed by atoms with van der Waals surface area (Å²) < 4.78 is 1.40. The Kier molecular flexibility index (Phi) is 3.08. The van der Waals surface area contributed by atoms with Crippen LogP contribution in [0, 0.1) is 6.92 Å². The van der Waals surface area contributed by atoms with Crippen molar-refractivity contribution >= 4 is 21.4 Å². The number of aryl methyl sites for hydroxylation is 1. The van der Waals surface area contributed by atoms with Crippen molar-refractivity contribution in [3.63, 3.8) is 0 Å². The van der Waals surface area contributed by atoms with Gasteiger partial charge in [-0.25, -0.2) is 0 Å². The molecule has 0 saturated heterocycles. The second-order valence-electron chi connectivity index (χ2n) is 4.29. The minimum absolute atomic E-state index is 0.553. The molecule has 0 radical (unpaired) electrons.